The van der Waals surface area contributed by atoms with Gasteiger partial charge in [-0.3, -0.25) is 9.69 Å². The van der Waals surface area contributed by atoms with Crippen LogP contribution in [0.3, 0.4) is 0 Å². The van der Waals surface area contributed by atoms with Crippen molar-refractivity contribution in [1.29, 1.82) is 0 Å². The van der Waals surface area contributed by atoms with E-state index in [0.717, 1.165) is 35.7 Å². The molecule has 0 radical (unpaired) electrons. The van der Waals surface area contributed by atoms with Gasteiger partial charge in [0.15, 0.2) is 0 Å². The SMILES string of the molecule is COc1ccc([C@@H]2CC(c3ccccc3)=NN2C(=O)CN2CCn3cccc3[C@@H]2C)cc1. The van der Waals surface area contributed by atoms with Gasteiger partial charge in [0, 0.05) is 37.4 Å². The third-order valence-corrected chi connectivity index (χ3v) is 6.58. The molecule has 2 aliphatic heterocycles. The summed E-state index contributed by atoms with van der Waals surface area (Å²) in [6.07, 6.45) is 2.81. The minimum Gasteiger partial charge on any atom is -0.497 e. The molecule has 0 fully saturated rings. The van der Waals surface area contributed by atoms with Crippen LogP contribution in [0.1, 0.15) is 42.2 Å². The first kappa shape index (κ1) is 20.5. The average molecular weight is 429 g/mol. The van der Waals surface area contributed by atoms with Gasteiger partial charge >= 0.3 is 0 Å². The van der Waals surface area contributed by atoms with Gasteiger partial charge < -0.3 is 9.30 Å². The summed E-state index contributed by atoms with van der Waals surface area (Å²) in [6, 6.07) is 22.4. The summed E-state index contributed by atoms with van der Waals surface area (Å²) in [4.78, 5) is 15.8. The van der Waals surface area contributed by atoms with Crippen molar-refractivity contribution < 1.29 is 9.53 Å². The largest absolute Gasteiger partial charge is 0.497 e. The van der Waals surface area contributed by atoms with Gasteiger partial charge in [0.25, 0.3) is 5.91 Å². The molecule has 0 spiro atoms. The molecule has 2 aromatic carbocycles. The highest BCUT2D eigenvalue weighted by atomic mass is 16.5. The second-order valence-electron chi connectivity index (χ2n) is 8.42. The number of aromatic nitrogens is 1. The van der Waals surface area contributed by atoms with Crippen LogP contribution < -0.4 is 4.74 Å². The van der Waals surface area contributed by atoms with E-state index in [1.54, 1.807) is 12.1 Å². The number of benzene rings is 2. The molecule has 2 atom stereocenters. The topological polar surface area (TPSA) is 50.1 Å². The number of hydrogen-bond acceptors (Lipinski definition) is 4. The number of hydrazone groups is 1. The summed E-state index contributed by atoms with van der Waals surface area (Å²) >= 11 is 0. The summed E-state index contributed by atoms with van der Waals surface area (Å²) in [6.45, 7) is 4.28. The number of methoxy groups -OCH3 is 1. The molecule has 3 heterocycles. The summed E-state index contributed by atoms with van der Waals surface area (Å²) in [7, 11) is 1.66. The first-order valence-corrected chi connectivity index (χ1v) is 11.1. The summed E-state index contributed by atoms with van der Waals surface area (Å²) in [5, 5.41) is 6.52. The number of carbonyl (C=O) groups is 1. The molecule has 0 aliphatic carbocycles. The quantitative estimate of drug-likeness (QED) is 0.610. The first-order valence-electron chi connectivity index (χ1n) is 11.1. The lowest BCUT2D eigenvalue weighted by Crippen LogP contribution is -2.43. The summed E-state index contributed by atoms with van der Waals surface area (Å²) < 4.78 is 7.58. The Morgan fingerprint density at radius 2 is 1.81 bits per heavy atom. The Hall–Kier alpha value is -3.38. The second kappa shape index (κ2) is 8.63. The predicted octanol–water partition coefficient (Wildman–Crippen LogP) is 4.25. The number of amides is 1. The van der Waals surface area contributed by atoms with Crippen LogP contribution in [0.25, 0.3) is 0 Å². The highest BCUT2D eigenvalue weighted by Crippen LogP contribution is 2.34. The summed E-state index contributed by atoms with van der Waals surface area (Å²) in [5.74, 6) is 0.836. The molecular weight excluding hydrogens is 400 g/mol. The minimum absolute atomic E-state index is 0.0311. The molecule has 0 saturated heterocycles. The Balaban J connectivity index is 1.41. The van der Waals surface area contributed by atoms with Crippen LogP contribution in [0.15, 0.2) is 78.0 Å². The zero-order valence-corrected chi connectivity index (χ0v) is 18.5. The third kappa shape index (κ3) is 3.82. The molecule has 3 aromatic rings. The molecule has 1 amide bonds. The Morgan fingerprint density at radius 1 is 1.03 bits per heavy atom. The summed E-state index contributed by atoms with van der Waals surface area (Å²) in [5.41, 5.74) is 4.32. The van der Waals surface area contributed by atoms with Crippen LogP contribution in [0.5, 0.6) is 5.75 Å². The van der Waals surface area contributed by atoms with Crippen molar-refractivity contribution in [3.05, 3.63) is 89.7 Å². The molecule has 0 saturated carbocycles. The molecule has 0 unspecified atom stereocenters. The van der Waals surface area contributed by atoms with E-state index in [1.807, 2.05) is 42.5 Å². The van der Waals surface area contributed by atoms with Crippen molar-refractivity contribution in [3.63, 3.8) is 0 Å². The Labute approximate surface area is 188 Å². The van der Waals surface area contributed by atoms with Gasteiger partial charge in [0.1, 0.15) is 5.75 Å². The minimum atomic E-state index is -0.118. The fraction of sp³-hybridized carbons (Fsp3) is 0.308. The number of ether oxygens (including phenoxy) is 1. The number of nitrogens with zero attached hydrogens (tertiary/aromatic N) is 4. The zero-order valence-electron chi connectivity index (χ0n) is 18.5. The molecule has 6 heteroatoms. The van der Waals surface area contributed by atoms with Gasteiger partial charge in [0.05, 0.1) is 25.4 Å². The van der Waals surface area contributed by atoms with Gasteiger partial charge in [-0.25, -0.2) is 5.01 Å². The van der Waals surface area contributed by atoms with E-state index in [4.69, 9.17) is 9.84 Å². The van der Waals surface area contributed by atoms with E-state index in [9.17, 15) is 4.79 Å². The van der Waals surface area contributed by atoms with Crippen LogP contribution in [0.2, 0.25) is 0 Å². The van der Waals surface area contributed by atoms with Crippen molar-refractivity contribution in [2.45, 2.75) is 32.0 Å². The smallest absolute Gasteiger partial charge is 0.257 e. The second-order valence-corrected chi connectivity index (χ2v) is 8.42. The maximum Gasteiger partial charge on any atom is 0.257 e. The lowest BCUT2D eigenvalue weighted by atomic mass is 9.98. The van der Waals surface area contributed by atoms with Gasteiger partial charge in [-0.2, -0.15) is 5.10 Å². The highest BCUT2D eigenvalue weighted by molar-refractivity contribution is 6.03. The molecule has 6 nitrogen and oxygen atoms in total. The number of carbonyl (C=O) groups excluding carboxylic acids is 1. The van der Waals surface area contributed by atoms with E-state index in [1.165, 1.54) is 5.69 Å². The number of fused-ring (bicyclic) bond motifs is 1. The molecule has 0 N–H and O–H groups in total. The molecule has 5 rings (SSSR count). The first-order chi connectivity index (χ1) is 15.6. The molecule has 32 heavy (non-hydrogen) atoms. The van der Waals surface area contributed by atoms with Crippen LogP contribution in [0.4, 0.5) is 0 Å². The van der Waals surface area contributed by atoms with Crippen molar-refractivity contribution in [3.8, 4) is 5.75 Å². The fourth-order valence-electron chi connectivity index (χ4n) is 4.72. The van der Waals surface area contributed by atoms with Crippen molar-refractivity contribution in [1.82, 2.24) is 14.5 Å². The Morgan fingerprint density at radius 3 is 2.56 bits per heavy atom. The molecule has 0 bridgehead atoms. The normalized spacial score (nSPS) is 20.7. The van der Waals surface area contributed by atoms with Gasteiger partial charge in [-0.15, -0.1) is 0 Å². The standard InChI is InChI=1S/C26H28N4O2/c1-19-24-9-6-14-28(24)15-16-29(19)18-26(31)30-25(21-10-12-22(32-2)13-11-21)17-23(27-30)20-7-4-3-5-8-20/h3-14,19,25H,15-18H2,1-2H3/t19-,25-/m0/s1. The van der Waals surface area contributed by atoms with E-state index in [-0.39, 0.29) is 18.0 Å². The maximum atomic E-state index is 13.5. The van der Waals surface area contributed by atoms with Crippen molar-refractivity contribution in [2.75, 3.05) is 20.2 Å². The van der Waals surface area contributed by atoms with Crippen molar-refractivity contribution >= 4 is 11.6 Å². The van der Waals surface area contributed by atoms with E-state index in [0.29, 0.717) is 13.0 Å². The van der Waals surface area contributed by atoms with Gasteiger partial charge in [-0.1, -0.05) is 42.5 Å². The van der Waals surface area contributed by atoms with Crippen LogP contribution >= 0.6 is 0 Å². The fourth-order valence-corrected chi connectivity index (χ4v) is 4.72. The van der Waals surface area contributed by atoms with E-state index in [2.05, 4.69) is 46.9 Å². The van der Waals surface area contributed by atoms with Crippen LogP contribution in [0, 0.1) is 0 Å². The number of rotatable bonds is 5. The van der Waals surface area contributed by atoms with E-state index >= 15 is 0 Å². The Kier molecular flexibility index (Phi) is 5.53. The van der Waals surface area contributed by atoms with Crippen LogP contribution in [-0.4, -0.2) is 46.3 Å². The Bertz CT molecular complexity index is 1120. The molecule has 164 valence electrons. The molecule has 2 aliphatic rings. The van der Waals surface area contributed by atoms with Crippen LogP contribution in [-0.2, 0) is 11.3 Å². The van der Waals surface area contributed by atoms with Gasteiger partial charge in [-0.05, 0) is 42.3 Å². The van der Waals surface area contributed by atoms with Crippen molar-refractivity contribution in [2.24, 2.45) is 5.10 Å². The highest BCUT2D eigenvalue weighted by Gasteiger charge is 2.35. The molecule has 1 aromatic heterocycles. The maximum absolute atomic E-state index is 13.5. The molecular formula is C26H28N4O2. The van der Waals surface area contributed by atoms with Gasteiger partial charge in [0.2, 0.25) is 0 Å². The lowest BCUT2D eigenvalue weighted by Gasteiger charge is -2.35. The average Bonchev–Trinajstić information content (AvgIpc) is 3.50. The monoisotopic (exact) mass is 428 g/mol. The third-order valence-electron chi connectivity index (χ3n) is 6.58. The zero-order chi connectivity index (χ0) is 22.1. The lowest BCUT2D eigenvalue weighted by molar-refractivity contribution is -0.135. The van der Waals surface area contributed by atoms with E-state index < -0.39 is 0 Å². The predicted molar refractivity (Wildman–Crippen MR) is 125 cm³/mol. The number of hydrogen-bond donors (Lipinski definition) is 0.